The highest BCUT2D eigenvalue weighted by molar-refractivity contribution is 5.97. The summed E-state index contributed by atoms with van der Waals surface area (Å²) in [6.45, 7) is 9.23. The van der Waals surface area contributed by atoms with Crippen molar-refractivity contribution < 1.29 is 14.3 Å². The summed E-state index contributed by atoms with van der Waals surface area (Å²) in [6.07, 6.45) is 7.36. The summed E-state index contributed by atoms with van der Waals surface area (Å²) in [5.74, 6) is -0.399. The molecular formula is C31H47N9O3. The zero-order valence-electron chi connectivity index (χ0n) is 26.1. The zero-order valence-corrected chi connectivity index (χ0v) is 26.1. The average Bonchev–Trinajstić information content (AvgIpc) is 3.61. The molecule has 12 heteroatoms. The second-order valence-corrected chi connectivity index (χ2v) is 12.9. The van der Waals surface area contributed by atoms with E-state index in [1.807, 2.05) is 36.3 Å². The van der Waals surface area contributed by atoms with Crippen LogP contribution in [0.25, 0.3) is 10.9 Å². The lowest BCUT2D eigenvalue weighted by Gasteiger charge is -2.52. The van der Waals surface area contributed by atoms with Gasteiger partial charge in [0.15, 0.2) is 0 Å². The fraction of sp³-hybridized carbons (Fsp3) is 0.613. The molecule has 6 rings (SSSR count). The number of piperazine rings is 1. The van der Waals surface area contributed by atoms with Crippen LogP contribution in [0.15, 0.2) is 35.9 Å². The average molecular weight is 594 g/mol. The number of likely N-dealkylation sites (N-methyl/N-ethyl adjacent to an activating group) is 1. The Balaban J connectivity index is 1.30. The Morgan fingerprint density at radius 1 is 1.14 bits per heavy atom. The second kappa shape index (κ2) is 11.5. The number of hydrogen-bond donors (Lipinski definition) is 5. The number of nitrogens with zero attached hydrogens (tertiary/aromatic N) is 4. The van der Waals surface area contributed by atoms with Gasteiger partial charge in [-0.15, -0.1) is 0 Å². The van der Waals surface area contributed by atoms with Crippen molar-refractivity contribution in [3.8, 4) is 5.75 Å². The van der Waals surface area contributed by atoms with Crippen LogP contribution < -0.4 is 31.7 Å². The molecule has 1 saturated carbocycles. The van der Waals surface area contributed by atoms with E-state index in [1.54, 1.807) is 11.7 Å². The number of rotatable bonds is 7. The summed E-state index contributed by atoms with van der Waals surface area (Å²) in [5, 5.41) is 14.2. The van der Waals surface area contributed by atoms with Crippen molar-refractivity contribution in [1.29, 1.82) is 0 Å². The molecule has 6 N–H and O–H groups in total. The SMILES string of the molecule is CCC1CN(C)C2=C(N[C@@](N)(Nc3cc4c(ccn4C(=O)CN4C[C@@H](C)N[C@@H](C)C4)cc3OC)NC2=O)N1C1CCCC1. The number of methoxy groups -OCH3 is 1. The maximum atomic E-state index is 13.6. The minimum Gasteiger partial charge on any atom is -0.495 e. The molecule has 1 unspecified atom stereocenters. The van der Waals surface area contributed by atoms with Crippen molar-refractivity contribution in [1.82, 2.24) is 35.2 Å². The summed E-state index contributed by atoms with van der Waals surface area (Å²) in [4.78, 5) is 33.8. The molecule has 4 aliphatic rings. The van der Waals surface area contributed by atoms with E-state index in [2.05, 4.69) is 51.8 Å². The fourth-order valence-corrected chi connectivity index (χ4v) is 7.59. The first-order valence-electron chi connectivity index (χ1n) is 15.7. The first-order chi connectivity index (χ1) is 20.6. The lowest BCUT2D eigenvalue weighted by atomic mass is 10.0. The zero-order chi connectivity index (χ0) is 30.5. The molecule has 1 saturated heterocycles. The lowest BCUT2D eigenvalue weighted by molar-refractivity contribution is -0.123. The number of carbonyl (C=O) groups excluding carboxylic acids is 2. The van der Waals surface area contributed by atoms with Crippen LogP contribution in [0.1, 0.15) is 57.7 Å². The Bertz CT molecular complexity index is 1410. The predicted molar refractivity (Wildman–Crippen MR) is 167 cm³/mol. The van der Waals surface area contributed by atoms with Crippen LogP contribution in [0.2, 0.25) is 0 Å². The number of benzene rings is 1. The van der Waals surface area contributed by atoms with Crippen molar-refractivity contribution in [2.24, 2.45) is 5.73 Å². The number of amides is 1. The van der Waals surface area contributed by atoms with Gasteiger partial charge in [0.1, 0.15) is 17.3 Å². The van der Waals surface area contributed by atoms with E-state index < -0.39 is 5.91 Å². The smallest absolute Gasteiger partial charge is 0.275 e. The van der Waals surface area contributed by atoms with Gasteiger partial charge in [-0.1, -0.05) is 19.8 Å². The molecule has 4 atom stereocenters. The van der Waals surface area contributed by atoms with Gasteiger partial charge in [-0.25, -0.2) is 0 Å². The quantitative estimate of drug-likeness (QED) is 0.303. The van der Waals surface area contributed by atoms with Gasteiger partial charge in [-0.2, -0.15) is 0 Å². The summed E-state index contributed by atoms with van der Waals surface area (Å²) in [6, 6.07) is 6.98. The first-order valence-corrected chi connectivity index (χ1v) is 15.7. The lowest BCUT2D eigenvalue weighted by Crippen LogP contribution is -2.76. The summed E-state index contributed by atoms with van der Waals surface area (Å²) in [7, 11) is 3.56. The number of fused-ring (bicyclic) bond motifs is 1. The van der Waals surface area contributed by atoms with Gasteiger partial charge in [0.25, 0.3) is 5.91 Å². The number of hydrogen-bond acceptors (Lipinski definition) is 10. The van der Waals surface area contributed by atoms with E-state index in [9.17, 15) is 9.59 Å². The normalized spacial score (nSPS) is 28.6. The van der Waals surface area contributed by atoms with Crippen molar-refractivity contribution in [3.63, 3.8) is 0 Å². The molecular weight excluding hydrogens is 546 g/mol. The Labute approximate surface area is 253 Å². The van der Waals surface area contributed by atoms with Crippen LogP contribution in [-0.2, 0) is 4.79 Å². The van der Waals surface area contributed by atoms with Gasteiger partial charge in [-0.05, 0) is 51.3 Å². The molecule has 2 aromatic rings. The van der Waals surface area contributed by atoms with Crippen LogP contribution in [0, 0.1) is 0 Å². The molecule has 234 valence electrons. The van der Waals surface area contributed by atoms with Gasteiger partial charge in [0.05, 0.1) is 24.9 Å². The number of carbonyl (C=O) groups is 2. The maximum Gasteiger partial charge on any atom is 0.275 e. The maximum absolute atomic E-state index is 13.6. The molecule has 2 fully saturated rings. The Morgan fingerprint density at radius 3 is 2.53 bits per heavy atom. The number of nitrogens with two attached hydrogens (primary N) is 1. The molecule has 1 aromatic carbocycles. The molecule has 1 amide bonds. The number of nitrogens with one attached hydrogen (secondary N) is 4. The number of anilines is 1. The number of ether oxygens (including phenoxy) is 1. The van der Waals surface area contributed by atoms with Crippen LogP contribution in [-0.4, -0.2) is 101 Å². The Hall–Kier alpha value is -3.48. The van der Waals surface area contributed by atoms with E-state index in [-0.39, 0.29) is 17.9 Å². The third-order valence-corrected chi connectivity index (χ3v) is 9.38. The van der Waals surface area contributed by atoms with Crippen molar-refractivity contribution in [2.45, 2.75) is 83.0 Å². The van der Waals surface area contributed by atoms with Gasteiger partial charge in [0, 0.05) is 62.4 Å². The van der Waals surface area contributed by atoms with E-state index in [0.29, 0.717) is 41.8 Å². The summed E-state index contributed by atoms with van der Waals surface area (Å²) in [5.41, 5.74) is 8.81. The van der Waals surface area contributed by atoms with Crippen LogP contribution >= 0.6 is 0 Å². The largest absolute Gasteiger partial charge is 0.495 e. The highest BCUT2D eigenvalue weighted by atomic mass is 16.5. The van der Waals surface area contributed by atoms with Crippen molar-refractivity contribution >= 4 is 28.4 Å². The van der Waals surface area contributed by atoms with Crippen LogP contribution in [0.4, 0.5) is 5.69 Å². The molecule has 0 radical (unpaired) electrons. The summed E-state index contributed by atoms with van der Waals surface area (Å²) < 4.78 is 7.44. The highest BCUT2D eigenvalue weighted by Crippen LogP contribution is 2.36. The molecule has 3 aliphatic heterocycles. The fourth-order valence-electron chi connectivity index (χ4n) is 7.59. The van der Waals surface area contributed by atoms with Gasteiger partial charge >= 0.3 is 0 Å². The Kier molecular flexibility index (Phi) is 7.95. The summed E-state index contributed by atoms with van der Waals surface area (Å²) >= 11 is 0. The minimum absolute atomic E-state index is 0.00294. The molecule has 43 heavy (non-hydrogen) atoms. The monoisotopic (exact) mass is 593 g/mol. The van der Waals surface area contributed by atoms with Crippen LogP contribution in [0.3, 0.4) is 0 Å². The number of aromatic nitrogens is 1. The first kappa shape index (κ1) is 29.6. The molecule has 1 aliphatic carbocycles. The van der Waals surface area contributed by atoms with E-state index in [0.717, 1.165) is 55.6 Å². The Morgan fingerprint density at radius 2 is 1.86 bits per heavy atom. The van der Waals surface area contributed by atoms with E-state index >= 15 is 0 Å². The molecule has 0 spiro atoms. The topological polar surface area (TPSA) is 132 Å². The molecule has 4 heterocycles. The highest BCUT2D eigenvalue weighted by Gasteiger charge is 2.46. The standard InChI is InChI=1S/C31H47N9O3/c1-6-22-17-37(4)28-29(40(22)23-9-7-8-10-23)35-31(32,36-30(28)42)34-24-14-25-21(13-26(24)43-5)11-12-39(25)27(41)18-38-15-19(2)33-20(3)16-38/h11-14,19-20,22-23,33-35H,6-10,15-18,32H2,1-5H3,(H,36,42)/t19-,20+,22?,31-/m1/s1. The van der Waals surface area contributed by atoms with Crippen LogP contribution in [0.5, 0.6) is 5.75 Å². The van der Waals surface area contributed by atoms with E-state index in [4.69, 9.17) is 10.5 Å². The van der Waals surface area contributed by atoms with Crippen molar-refractivity contribution in [3.05, 3.63) is 35.9 Å². The third kappa shape index (κ3) is 5.63. The van der Waals surface area contributed by atoms with Gasteiger partial charge in [-0.3, -0.25) is 30.1 Å². The molecule has 0 bridgehead atoms. The second-order valence-electron chi connectivity index (χ2n) is 12.9. The minimum atomic E-state index is -1.49. The third-order valence-electron chi connectivity index (χ3n) is 9.38. The van der Waals surface area contributed by atoms with Crippen molar-refractivity contribution in [2.75, 3.05) is 45.7 Å². The van der Waals surface area contributed by atoms with Gasteiger partial charge < -0.3 is 30.5 Å². The molecule has 12 nitrogen and oxygen atoms in total. The molecule has 1 aromatic heterocycles. The van der Waals surface area contributed by atoms with E-state index in [1.165, 1.54) is 12.8 Å². The predicted octanol–water partition coefficient (Wildman–Crippen LogP) is 1.81. The van der Waals surface area contributed by atoms with Gasteiger partial charge in [0.2, 0.25) is 11.8 Å².